The highest BCUT2D eigenvalue weighted by molar-refractivity contribution is 7.99. The molecule has 1 fully saturated rings. The summed E-state index contributed by atoms with van der Waals surface area (Å²) < 4.78 is 1.72. The molecule has 0 aliphatic carbocycles. The maximum atomic E-state index is 12.6. The van der Waals surface area contributed by atoms with E-state index in [0.717, 1.165) is 29.6 Å². The first-order valence-electron chi connectivity index (χ1n) is 9.22. The number of hydrogen-bond acceptors (Lipinski definition) is 6. The van der Waals surface area contributed by atoms with Crippen LogP contribution in [-0.2, 0) is 6.54 Å². The highest BCUT2D eigenvalue weighted by Gasteiger charge is 2.17. The summed E-state index contributed by atoms with van der Waals surface area (Å²) in [5.41, 5.74) is 1.37. The van der Waals surface area contributed by atoms with Crippen molar-refractivity contribution in [1.82, 2.24) is 25.1 Å². The largest absolute Gasteiger partial charge is 0.355 e. The molecule has 0 radical (unpaired) electrons. The third kappa shape index (κ3) is 3.75. The molecule has 0 bridgehead atoms. The van der Waals surface area contributed by atoms with Crippen LogP contribution in [0.4, 0.5) is 5.82 Å². The molecule has 1 aliphatic heterocycles. The van der Waals surface area contributed by atoms with Gasteiger partial charge in [-0.3, -0.25) is 4.79 Å². The number of hydrogen-bond donors (Lipinski definition) is 1. The molecule has 0 saturated carbocycles. The molecule has 0 atom stereocenters. The monoisotopic (exact) mass is 382 g/mol. The summed E-state index contributed by atoms with van der Waals surface area (Å²) in [6.07, 6.45) is 2.39. The minimum Gasteiger partial charge on any atom is -0.355 e. The molecule has 1 N–H and O–H groups in total. The van der Waals surface area contributed by atoms with Crippen LogP contribution >= 0.6 is 11.8 Å². The maximum absolute atomic E-state index is 12.6. The highest BCUT2D eigenvalue weighted by atomic mass is 32.2. The van der Waals surface area contributed by atoms with Crippen molar-refractivity contribution in [1.29, 1.82) is 0 Å². The number of fused-ring (bicyclic) bond motifs is 1. The summed E-state index contributed by atoms with van der Waals surface area (Å²) >= 11 is 1.66. The van der Waals surface area contributed by atoms with Crippen LogP contribution < -0.4 is 10.2 Å². The molecule has 8 heteroatoms. The first kappa shape index (κ1) is 17.8. The Balaban J connectivity index is 1.52. The molecule has 3 heterocycles. The van der Waals surface area contributed by atoms with E-state index in [4.69, 9.17) is 0 Å². The van der Waals surface area contributed by atoms with E-state index in [1.165, 1.54) is 12.8 Å². The molecule has 27 heavy (non-hydrogen) atoms. The van der Waals surface area contributed by atoms with Crippen LogP contribution in [0.25, 0.3) is 5.65 Å². The minimum atomic E-state index is -0.112. The van der Waals surface area contributed by atoms with Gasteiger partial charge >= 0.3 is 0 Å². The number of nitrogens with zero attached hydrogens (tertiary/aromatic N) is 5. The van der Waals surface area contributed by atoms with Crippen LogP contribution in [0, 0.1) is 0 Å². The fourth-order valence-corrected chi connectivity index (χ4v) is 4.04. The van der Waals surface area contributed by atoms with Gasteiger partial charge in [-0.05, 0) is 42.9 Å². The lowest BCUT2D eigenvalue weighted by molar-refractivity contribution is 0.0946. The van der Waals surface area contributed by atoms with Crippen molar-refractivity contribution in [2.24, 2.45) is 0 Å². The molecule has 1 aromatic carbocycles. The zero-order chi connectivity index (χ0) is 18.6. The van der Waals surface area contributed by atoms with E-state index >= 15 is 0 Å². The Bertz CT molecular complexity index is 950. The van der Waals surface area contributed by atoms with Crippen molar-refractivity contribution in [3.63, 3.8) is 0 Å². The van der Waals surface area contributed by atoms with Gasteiger partial charge in [0.1, 0.15) is 5.82 Å². The predicted octanol–water partition coefficient (Wildman–Crippen LogP) is 2.77. The van der Waals surface area contributed by atoms with Gasteiger partial charge < -0.3 is 10.2 Å². The molecule has 7 nitrogen and oxygen atoms in total. The lowest BCUT2D eigenvalue weighted by Gasteiger charge is -2.15. The fraction of sp³-hybridized carbons (Fsp3) is 0.368. The van der Waals surface area contributed by atoms with Crippen LogP contribution in [0.15, 0.2) is 41.3 Å². The number of nitrogens with one attached hydrogen (secondary N) is 1. The molecule has 0 unspecified atom stereocenters. The molecule has 1 amide bonds. The Morgan fingerprint density at radius 1 is 1.15 bits per heavy atom. The number of amides is 1. The number of anilines is 1. The number of benzene rings is 1. The molecule has 1 aliphatic rings. The van der Waals surface area contributed by atoms with Gasteiger partial charge in [0, 0.05) is 18.0 Å². The van der Waals surface area contributed by atoms with Crippen molar-refractivity contribution in [3.8, 4) is 0 Å². The lowest BCUT2D eigenvalue weighted by atomic mass is 10.2. The Kier molecular flexibility index (Phi) is 5.24. The standard InChI is InChI=1S/C19H22N6OS/c1-2-27-15-8-4-3-7-14(15)19(26)20-13-18-22-21-16-9-10-17(23-25(16)18)24-11-5-6-12-24/h3-4,7-10H,2,5-6,11-13H2,1H3,(H,20,26). The Morgan fingerprint density at radius 2 is 1.96 bits per heavy atom. The summed E-state index contributed by atoms with van der Waals surface area (Å²) in [5.74, 6) is 2.36. The van der Waals surface area contributed by atoms with Crippen molar-refractivity contribution < 1.29 is 4.79 Å². The summed E-state index contributed by atoms with van der Waals surface area (Å²) in [4.78, 5) is 15.9. The van der Waals surface area contributed by atoms with Gasteiger partial charge in [0.05, 0.1) is 12.1 Å². The second kappa shape index (κ2) is 7.96. The molecular weight excluding hydrogens is 360 g/mol. The quantitative estimate of drug-likeness (QED) is 0.661. The number of aromatic nitrogens is 4. The Morgan fingerprint density at radius 3 is 2.78 bits per heavy atom. The zero-order valence-corrected chi connectivity index (χ0v) is 16.1. The Labute approximate surface area is 162 Å². The van der Waals surface area contributed by atoms with Gasteiger partial charge in [-0.25, -0.2) is 0 Å². The maximum Gasteiger partial charge on any atom is 0.252 e. The highest BCUT2D eigenvalue weighted by Crippen LogP contribution is 2.22. The smallest absolute Gasteiger partial charge is 0.252 e. The molecule has 4 rings (SSSR count). The van der Waals surface area contributed by atoms with Gasteiger partial charge in [-0.1, -0.05) is 19.1 Å². The van der Waals surface area contributed by atoms with Gasteiger partial charge in [-0.2, -0.15) is 4.52 Å². The summed E-state index contributed by atoms with van der Waals surface area (Å²) in [5, 5.41) is 16.0. The van der Waals surface area contributed by atoms with Gasteiger partial charge in [0.2, 0.25) is 0 Å². The van der Waals surface area contributed by atoms with Crippen LogP contribution in [0.2, 0.25) is 0 Å². The van der Waals surface area contributed by atoms with Gasteiger partial charge in [0.15, 0.2) is 11.5 Å². The van der Waals surface area contributed by atoms with E-state index in [1.54, 1.807) is 16.3 Å². The van der Waals surface area contributed by atoms with Crippen molar-refractivity contribution >= 4 is 29.1 Å². The average Bonchev–Trinajstić information content (AvgIpc) is 3.36. The molecule has 2 aromatic heterocycles. The molecule has 3 aromatic rings. The Hall–Kier alpha value is -2.61. The average molecular weight is 382 g/mol. The van der Waals surface area contributed by atoms with Crippen LogP contribution in [0.5, 0.6) is 0 Å². The first-order valence-corrected chi connectivity index (χ1v) is 10.2. The van der Waals surface area contributed by atoms with Crippen LogP contribution in [0.3, 0.4) is 0 Å². The molecular formula is C19H22N6OS. The number of rotatable bonds is 6. The second-order valence-corrected chi connectivity index (χ2v) is 7.69. The molecule has 140 valence electrons. The van der Waals surface area contributed by atoms with Crippen LogP contribution in [0.1, 0.15) is 35.9 Å². The normalized spacial score (nSPS) is 14.0. The summed E-state index contributed by atoms with van der Waals surface area (Å²) in [7, 11) is 0. The second-order valence-electron chi connectivity index (χ2n) is 6.38. The number of carbonyl (C=O) groups is 1. The van der Waals surface area contributed by atoms with Crippen molar-refractivity contribution in [3.05, 3.63) is 47.8 Å². The van der Waals surface area contributed by atoms with E-state index in [9.17, 15) is 4.79 Å². The van der Waals surface area contributed by atoms with Crippen LogP contribution in [-0.4, -0.2) is 44.6 Å². The predicted molar refractivity (Wildman–Crippen MR) is 106 cm³/mol. The SMILES string of the molecule is CCSc1ccccc1C(=O)NCc1nnc2ccc(N3CCCC3)nn12. The third-order valence-corrected chi connectivity index (χ3v) is 5.54. The zero-order valence-electron chi connectivity index (χ0n) is 15.3. The summed E-state index contributed by atoms with van der Waals surface area (Å²) in [6, 6.07) is 11.6. The fourth-order valence-electron chi connectivity index (χ4n) is 3.24. The van der Waals surface area contributed by atoms with Crippen molar-refractivity contribution in [2.45, 2.75) is 31.2 Å². The van der Waals surface area contributed by atoms with E-state index < -0.39 is 0 Å². The minimum absolute atomic E-state index is 0.112. The number of thioether (sulfide) groups is 1. The van der Waals surface area contributed by atoms with E-state index in [0.29, 0.717) is 17.0 Å². The molecule has 1 saturated heterocycles. The van der Waals surface area contributed by atoms with Gasteiger partial charge in [-0.15, -0.1) is 27.1 Å². The topological polar surface area (TPSA) is 75.4 Å². The lowest BCUT2D eigenvalue weighted by Crippen LogP contribution is -2.25. The van der Waals surface area contributed by atoms with E-state index in [2.05, 4.69) is 32.4 Å². The molecule has 0 spiro atoms. The number of carbonyl (C=O) groups excluding carboxylic acids is 1. The first-order chi connectivity index (χ1) is 13.3. The van der Waals surface area contributed by atoms with E-state index in [-0.39, 0.29) is 12.5 Å². The third-order valence-electron chi connectivity index (χ3n) is 4.58. The van der Waals surface area contributed by atoms with Crippen molar-refractivity contribution in [2.75, 3.05) is 23.7 Å². The summed E-state index contributed by atoms with van der Waals surface area (Å²) in [6.45, 7) is 4.41. The van der Waals surface area contributed by atoms with E-state index in [1.807, 2.05) is 36.4 Å². The van der Waals surface area contributed by atoms with Gasteiger partial charge in [0.25, 0.3) is 5.91 Å².